The van der Waals surface area contributed by atoms with Crippen LogP contribution in [-0.4, -0.2) is 32.0 Å². The van der Waals surface area contributed by atoms with Crippen LogP contribution in [0, 0.1) is 0 Å². The fourth-order valence-electron chi connectivity index (χ4n) is 15.8. The molecule has 17 aromatic carbocycles. The van der Waals surface area contributed by atoms with Gasteiger partial charge in [0, 0.05) is 66.8 Å². The summed E-state index contributed by atoms with van der Waals surface area (Å²) in [5, 5.41) is -11.6. The molecule has 113 heavy (non-hydrogen) atoms. The van der Waals surface area contributed by atoms with E-state index >= 15 is 0 Å². The number of nitrogens with zero attached hydrogens (tertiary/aromatic N) is 4. The van der Waals surface area contributed by atoms with Crippen LogP contribution in [0.2, 0.25) is 0 Å². The predicted octanol–water partition coefficient (Wildman–Crippen LogP) is 19.3. The summed E-state index contributed by atoms with van der Waals surface area (Å²) < 4.78 is 530. The Hall–Kier alpha value is -13.6. The molecule has 2 aromatic heterocycles. The topological polar surface area (TPSA) is 16.3 Å². The minimum atomic E-state index is -6.76. The molecule has 0 atom stereocenters. The van der Waals surface area contributed by atoms with Gasteiger partial charge in [0.2, 0.25) is 0 Å². The summed E-state index contributed by atoms with van der Waals surface area (Å²) in [4.78, 5) is 2.91. The molecule has 0 unspecified atom stereocenters. The van der Waals surface area contributed by atoms with Gasteiger partial charge in [-0.25, -0.2) is 0 Å². The Morgan fingerprint density at radius 3 is 0.885 bits per heavy atom. The largest absolute Gasteiger partial charge is 0.311 e. The molecule has 19 aromatic rings. The van der Waals surface area contributed by atoms with Gasteiger partial charge in [0.15, 0.2) is 16.1 Å². The molecule has 2 aliphatic rings. The molecule has 2 aliphatic heterocycles. The van der Waals surface area contributed by atoms with Gasteiger partial charge in [-0.15, -0.1) is 0 Å². The summed E-state index contributed by atoms with van der Waals surface area (Å²) in [5.74, 6) is 0. The Morgan fingerprint density at radius 2 is 0.566 bits per heavy atom. The molecule has 534 valence electrons. The van der Waals surface area contributed by atoms with Crippen LogP contribution in [0.4, 0.5) is 34.1 Å². The lowest BCUT2D eigenvalue weighted by molar-refractivity contribution is 0.590. The molecule has 4 heterocycles. The van der Waals surface area contributed by atoms with Crippen molar-refractivity contribution in [2.75, 3.05) is 9.80 Å². The summed E-state index contributed by atoms with van der Waals surface area (Å²) in [6.45, 7) is 3.58. The van der Waals surface area contributed by atoms with Crippen molar-refractivity contribution in [1.29, 1.82) is 0 Å². The summed E-state index contributed by atoms with van der Waals surface area (Å²) in [6, 6.07) is -40.4. The van der Waals surface area contributed by atoms with Gasteiger partial charge < -0.3 is 18.9 Å². The normalized spacial score (nSPS) is 19.4. The second-order valence-corrected chi connectivity index (χ2v) is 34.4. The van der Waals surface area contributed by atoms with E-state index in [-0.39, 0.29) is 67.5 Å². The average molecular weight is 1530 g/mol. The van der Waals surface area contributed by atoms with Crippen molar-refractivity contribution in [2.24, 2.45) is 0 Å². The van der Waals surface area contributed by atoms with Crippen LogP contribution in [0.5, 0.6) is 0 Å². The molecule has 7 heteroatoms. The van der Waals surface area contributed by atoms with E-state index in [0.717, 1.165) is 9.13 Å². The Balaban J connectivity index is 0.983. The highest BCUT2D eigenvalue weighted by molar-refractivity contribution is 7.20. The first kappa shape index (κ1) is 32.0. The van der Waals surface area contributed by atoms with Crippen molar-refractivity contribution in [3.63, 3.8) is 0 Å². The molecule has 0 saturated heterocycles. The first-order chi connectivity index (χ1) is 78.1. The zero-order valence-electron chi connectivity index (χ0n) is 113. The zero-order chi connectivity index (χ0) is 122. The van der Waals surface area contributed by atoms with Gasteiger partial charge in [-0.05, 0) is 153 Å². The van der Waals surface area contributed by atoms with Crippen LogP contribution < -0.4 is 67.7 Å². The lowest BCUT2D eigenvalue weighted by Gasteiger charge is -2.46. The van der Waals surface area contributed by atoms with Gasteiger partial charge in [-0.1, -0.05) is 371 Å². The molecule has 4 nitrogen and oxygen atoms in total. The van der Waals surface area contributed by atoms with E-state index in [2.05, 4.69) is 0 Å². The van der Waals surface area contributed by atoms with Gasteiger partial charge in [-0.3, -0.25) is 0 Å². The molecule has 0 spiro atoms. The number of rotatable bonds is 14. The summed E-state index contributed by atoms with van der Waals surface area (Å²) in [5.41, 5.74) is -7.65. The number of hydrogen-bond acceptors (Lipinski definition) is 2. The maximum Gasteiger partial charge on any atom is 0.252 e. The highest BCUT2D eigenvalue weighted by Gasteiger charge is 2.47. The van der Waals surface area contributed by atoms with Crippen LogP contribution >= 0.6 is 0 Å². The third kappa shape index (κ3) is 10.7. The maximum atomic E-state index is 11.4. The molecule has 0 amide bonds. The molecule has 21 rings (SSSR count). The third-order valence-corrected chi connectivity index (χ3v) is 28.6. The molecule has 0 bridgehead atoms. The van der Waals surface area contributed by atoms with Crippen molar-refractivity contribution >= 4 is 158 Å². The molecule has 0 saturated carbocycles. The summed E-state index contributed by atoms with van der Waals surface area (Å²) in [6.07, 6.45) is 0. The standard InChI is InChI=1S/C106H79BN4Si2/c1-106(2,3)76-70-103-105-104(71-76)111(96-59-29-23-53-88(96)75-37-35-51-86(69-75)113(82-44-16-7-17-45-82,83-46-18-8-19-47-83)84-48-20-9-21-49-84)102-73-78(109-99-62-32-26-56-91(99)92-57-27-33-63-100(92)109)65-67-94(102)107(105)93-66-64-77(108-97-60-30-24-54-89(97)90-55-25-31-61-98(90)108)72-101(93)110(103)95-58-28-22-52-87(95)74-36-34-50-85(68-74)112(79-38-10-4-11-39-79,80-40-12-5-13-41-80)81-42-14-6-15-43-81/h4-73H,1-3H3/i4D,5D,6D,7D,8D,9D,10D,11D,12D,13D,14D,15D,16D,17D,18D,19D,20D,21D,24D,25D,26D,27D,30D,31D,32D,33D,34D,35D,36D,37D,38D,39D,40D,41D,42D,43D,44D,45D,46D,47D,48D,49D,50D,51D,54D,55D,56D,57D,60D,61D,62D,63D,68D,69D. The van der Waals surface area contributed by atoms with Gasteiger partial charge in [0.1, 0.15) is 0 Å². The Morgan fingerprint density at radius 1 is 0.274 bits per heavy atom. The van der Waals surface area contributed by atoms with Crippen molar-refractivity contribution in [1.82, 2.24) is 9.13 Å². The third-order valence-electron chi connectivity index (χ3n) is 20.6. The monoisotopic (exact) mass is 1530 g/mol. The SMILES string of the molecule is [2H]c1c([2H])c([2H])c([Si](c2c([2H])c([2H])c([2H])c([2H])c2[2H])(c2c([2H])c([2H])c([2H])c([2H])c2[2H])c2c([2H])c([2H])c([2H])c(-c3ccccc3N3c4cc(-n5c6c([2H])c([2H])c([2H])c([2H])c6c6c([2H])c([2H])c([2H])c([2H])c65)ccc4B4c5ccc(-n6c7c([2H])c([2H])c([2H])c([2H])c7c7c([2H])c([2H])c([2H])c([2H])c76)cc5N(c5ccccc5-c5c([2H])c([2H])c([2H])c([Si](c6c([2H])c([2H])c([2H])c([2H])c6[2H])(c6c([2H])c([2H])c([2H])c([2H])c6[2H])c6c([2H])c([2H])c([2H])c([2H])c6[2H])c5[2H])c5cc(C(C)(C)C)cc3c54)c2[2H])c([2H])c1[2H]. The van der Waals surface area contributed by atoms with Crippen molar-refractivity contribution in [2.45, 2.75) is 26.2 Å². The molecule has 0 aliphatic carbocycles. The predicted molar refractivity (Wildman–Crippen MR) is 486 cm³/mol. The minimum Gasteiger partial charge on any atom is -0.311 e. The first-order valence-electron chi connectivity index (χ1n) is 62.1. The number of benzene rings is 17. The summed E-state index contributed by atoms with van der Waals surface area (Å²) >= 11 is 0. The number of aromatic nitrogens is 2. The Bertz CT molecular complexity index is 9150. The van der Waals surface area contributed by atoms with Crippen molar-refractivity contribution in [3.05, 3.63) is 429 Å². The van der Waals surface area contributed by atoms with E-state index in [1.54, 1.807) is 32.9 Å². The first-order valence-corrected chi connectivity index (χ1v) is 39.1. The smallest absolute Gasteiger partial charge is 0.252 e. The second kappa shape index (κ2) is 27.2. The minimum absolute atomic E-state index is 0.00799. The lowest BCUT2D eigenvalue weighted by atomic mass is 9.33. The zero-order valence-corrected chi connectivity index (χ0v) is 61.1. The van der Waals surface area contributed by atoms with E-state index in [0.29, 0.717) is 0 Å². The van der Waals surface area contributed by atoms with Gasteiger partial charge in [0.25, 0.3) is 6.71 Å². The molecule has 0 N–H and O–H groups in total. The van der Waals surface area contributed by atoms with Crippen LogP contribution in [0.3, 0.4) is 0 Å². The quantitative estimate of drug-likeness (QED) is 0.0797. The number of fused-ring (bicyclic) bond motifs is 10. The van der Waals surface area contributed by atoms with E-state index in [1.165, 1.54) is 94.7 Å². The highest BCUT2D eigenvalue weighted by Crippen LogP contribution is 2.51. The van der Waals surface area contributed by atoms with E-state index < -0.39 is 462 Å². The lowest BCUT2D eigenvalue weighted by Crippen LogP contribution is -2.74. The second-order valence-electron chi connectivity index (χ2n) is 27.4. The number of para-hydroxylation sites is 6. The van der Waals surface area contributed by atoms with Crippen LogP contribution in [0.15, 0.2) is 423 Å². The van der Waals surface area contributed by atoms with Gasteiger partial charge in [-0.2, -0.15) is 0 Å². The van der Waals surface area contributed by atoms with Gasteiger partial charge in [0.05, 0.1) is 107 Å². The van der Waals surface area contributed by atoms with E-state index in [4.69, 9.17) is 13.7 Å². The molecule has 0 fully saturated rings. The van der Waals surface area contributed by atoms with Gasteiger partial charge >= 0.3 is 0 Å². The molecule has 0 radical (unpaired) electrons. The van der Waals surface area contributed by atoms with Crippen molar-refractivity contribution < 1.29 is 74.0 Å². The fraction of sp³-hybridized carbons (Fsp3) is 0.0377. The van der Waals surface area contributed by atoms with Crippen LogP contribution in [0.25, 0.3) is 77.2 Å². The molecular weight excluding hydrogens is 1400 g/mol. The summed E-state index contributed by atoms with van der Waals surface area (Å²) in [7, 11) is -13.5. The van der Waals surface area contributed by atoms with Crippen LogP contribution in [0.1, 0.15) is 100 Å². The van der Waals surface area contributed by atoms with Crippen molar-refractivity contribution in [3.8, 4) is 33.6 Å². The highest BCUT2D eigenvalue weighted by atomic mass is 28.3. The number of hydrogen-bond donors (Lipinski definition) is 0. The maximum absolute atomic E-state index is 11.4. The van der Waals surface area contributed by atoms with E-state index in [9.17, 15) is 60.3 Å². The average Bonchev–Trinajstić information content (AvgIpc) is 1.52. The fourth-order valence-corrected chi connectivity index (χ4v) is 22.9. The Kier molecular flexibility index (Phi) is 7.70. The molecular formula is C106H79BN4Si2. The Labute approximate surface area is 738 Å². The van der Waals surface area contributed by atoms with E-state index in [1.807, 2.05) is 0 Å². The number of anilines is 6. The van der Waals surface area contributed by atoms with Crippen LogP contribution in [-0.2, 0) is 5.41 Å².